The van der Waals surface area contributed by atoms with Crippen molar-refractivity contribution >= 4 is 17.5 Å². The Hall–Kier alpha value is -4.21. The average Bonchev–Trinajstić information content (AvgIpc) is 3.09. The minimum atomic E-state index is -0.208. The molecule has 0 saturated carbocycles. The summed E-state index contributed by atoms with van der Waals surface area (Å²) in [5, 5.41) is 3.05. The highest BCUT2D eigenvalue weighted by Crippen LogP contribution is 2.34. The van der Waals surface area contributed by atoms with Gasteiger partial charge in [0.1, 0.15) is 0 Å². The number of hydrogen-bond acceptors (Lipinski definition) is 6. The van der Waals surface area contributed by atoms with Gasteiger partial charge in [-0.3, -0.25) is 19.3 Å². The van der Waals surface area contributed by atoms with Crippen LogP contribution >= 0.6 is 0 Å². The maximum Gasteiger partial charge on any atom is 0.253 e. The first kappa shape index (κ1) is 36.1. The Morgan fingerprint density at radius 2 is 1.59 bits per heavy atom. The number of nitrogens with zero attached hydrogens (tertiary/aromatic N) is 4. The molecule has 0 atom stereocenters. The fourth-order valence-corrected chi connectivity index (χ4v) is 7.57. The van der Waals surface area contributed by atoms with E-state index in [9.17, 15) is 14.4 Å². The molecule has 262 valence electrons. The Morgan fingerprint density at radius 1 is 0.939 bits per heavy atom. The number of anilines is 1. The second-order valence-electron chi connectivity index (χ2n) is 14.0. The van der Waals surface area contributed by atoms with Gasteiger partial charge in [0.2, 0.25) is 5.91 Å². The van der Waals surface area contributed by atoms with Crippen molar-refractivity contribution in [3.8, 4) is 11.1 Å². The number of hydrogen-bond donors (Lipinski definition) is 2. The molecule has 9 nitrogen and oxygen atoms in total. The normalized spacial score (nSPS) is 16.2. The maximum absolute atomic E-state index is 13.9. The van der Waals surface area contributed by atoms with Crippen LogP contribution in [-0.2, 0) is 17.9 Å². The van der Waals surface area contributed by atoms with Crippen LogP contribution in [0.15, 0.2) is 59.9 Å². The minimum absolute atomic E-state index is 0.0252. The standard InChI is InChI=1S/C40H54N6O3/c1-8-38(47)45-20-16-34(17-21-45)46(9-2)37-24-32(31-12-10-30(11-13-31)26-44-18-14-33(15-19-44)43(6)7)23-35(29(37)5)39(48)41-25-36-27(3)22-28(4)42-40(36)49/h8,10-13,22-24,33-34H,1,9,14-21,25-26H2,2-7H3,(H,41,48)(H,42,49). The molecule has 3 aromatic rings. The number of amides is 2. The van der Waals surface area contributed by atoms with Crippen molar-refractivity contribution in [1.29, 1.82) is 0 Å². The van der Waals surface area contributed by atoms with E-state index >= 15 is 0 Å². The van der Waals surface area contributed by atoms with E-state index < -0.39 is 0 Å². The number of carbonyl (C=O) groups excluding carboxylic acids is 2. The quantitative estimate of drug-likeness (QED) is 0.266. The van der Waals surface area contributed by atoms with Crippen LogP contribution in [0.25, 0.3) is 11.1 Å². The van der Waals surface area contributed by atoms with E-state index in [0.717, 1.165) is 72.7 Å². The van der Waals surface area contributed by atoms with Crippen LogP contribution in [0.4, 0.5) is 5.69 Å². The predicted molar refractivity (Wildman–Crippen MR) is 199 cm³/mol. The second-order valence-corrected chi connectivity index (χ2v) is 14.0. The lowest BCUT2D eigenvalue weighted by atomic mass is 9.94. The summed E-state index contributed by atoms with van der Waals surface area (Å²) in [6, 6.07) is 15.8. The van der Waals surface area contributed by atoms with Crippen LogP contribution in [-0.4, -0.2) is 90.4 Å². The van der Waals surface area contributed by atoms with Gasteiger partial charge in [-0.1, -0.05) is 30.8 Å². The summed E-state index contributed by atoms with van der Waals surface area (Å²) in [5.41, 5.74) is 7.88. The largest absolute Gasteiger partial charge is 0.368 e. The van der Waals surface area contributed by atoms with Crippen molar-refractivity contribution in [3.63, 3.8) is 0 Å². The molecule has 0 spiro atoms. The van der Waals surface area contributed by atoms with Crippen LogP contribution in [0.1, 0.15) is 70.9 Å². The number of aromatic amines is 1. The van der Waals surface area contributed by atoms with E-state index in [2.05, 4.69) is 82.9 Å². The number of aryl methyl sites for hydroxylation is 2. The monoisotopic (exact) mass is 666 g/mol. The fourth-order valence-electron chi connectivity index (χ4n) is 7.57. The van der Waals surface area contributed by atoms with Crippen LogP contribution in [0.5, 0.6) is 0 Å². The lowest BCUT2D eigenvalue weighted by Crippen LogP contribution is -2.46. The van der Waals surface area contributed by atoms with Crippen molar-refractivity contribution in [2.75, 3.05) is 51.7 Å². The Bertz CT molecular complexity index is 1700. The number of piperidine rings is 2. The number of pyridine rings is 1. The number of benzene rings is 2. The molecular weight excluding hydrogens is 612 g/mol. The summed E-state index contributed by atoms with van der Waals surface area (Å²) in [6.07, 6.45) is 5.46. The number of aromatic nitrogens is 1. The van der Waals surface area contributed by atoms with Gasteiger partial charge in [-0.25, -0.2) is 0 Å². The highest BCUT2D eigenvalue weighted by Gasteiger charge is 2.28. The zero-order valence-corrected chi connectivity index (χ0v) is 30.3. The molecule has 0 aliphatic carbocycles. The van der Waals surface area contributed by atoms with Crippen LogP contribution in [0.2, 0.25) is 0 Å². The van der Waals surface area contributed by atoms with E-state index in [4.69, 9.17) is 0 Å². The Labute approximate surface area is 292 Å². The second kappa shape index (κ2) is 16.0. The van der Waals surface area contributed by atoms with Crippen molar-refractivity contribution in [3.05, 3.63) is 99.0 Å². The third-order valence-corrected chi connectivity index (χ3v) is 10.6. The molecule has 2 fully saturated rings. The topological polar surface area (TPSA) is 92.0 Å². The third kappa shape index (κ3) is 8.51. The lowest BCUT2D eigenvalue weighted by Gasteiger charge is -2.40. The SMILES string of the molecule is C=CC(=O)N1CCC(N(CC)c2cc(-c3ccc(CN4CCC(N(C)C)CC4)cc3)cc(C(=O)NCc3c(C)cc(C)[nH]c3=O)c2C)CC1. The number of H-pyrrole nitrogens is 1. The Balaban J connectivity index is 1.43. The first-order valence-corrected chi connectivity index (χ1v) is 17.8. The van der Waals surface area contributed by atoms with E-state index in [1.54, 1.807) is 0 Å². The molecule has 2 saturated heterocycles. The molecule has 0 unspecified atom stereocenters. The van der Waals surface area contributed by atoms with Crippen molar-refractivity contribution in [2.45, 2.75) is 78.6 Å². The number of nitrogens with one attached hydrogen (secondary N) is 2. The van der Waals surface area contributed by atoms with Gasteiger partial charge in [0.05, 0.1) is 0 Å². The molecular formula is C40H54N6O3. The minimum Gasteiger partial charge on any atom is -0.368 e. The molecule has 49 heavy (non-hydrogen) atoms. The van der Waals surface area contributed by atoms with Gasteiger partial charge in [-0.15, -0.1) is 0 Å². The summed E-state index contributed by atoms with van der Waals surface area (Å²) in [7, 11) is 4.34. The number of rotatable bonds is 11. The molecule has 3 heterocycles. The van der Waals surface area contributed by atoms with Crippen molar-refractivity contribution in [2.24, 2.45) is 0 Å². The summed E-state index contributed by atoms with van der Waals surface area (Å²) in [4.78, 5) is 50.9. The van der Waals surface area contributed by atoms with Gasteiger partial charge in [-0.2, -0.15) is 0 Å². The summed E-state index contributed by atoms with van der Waals surface area (Å²) in [5.74, 6) is -0.233. The van der Waals surface area contributed by atoms with E-state index in [-0.39, 0.29) is 30.0 Å². The van der Waals surface area contributed by atoms with Crippen LogP contribution in [0, 0.1) is 20.8 Å². The summed E-state index contributed by atoms with van der Waals surface area (Å²) in [6.45, 7) is 17.0. The van der Waals surface area contributed by atoms with Crippen molar-refractivity contribution < 1.29 is 9.59 Å². The zero-order chi connectivity index (χ0) is 35.2. The van der Waals surface area contributed by atoms with Gasteiger partial charge in [0, 0.05) is 67.3 Å². The molecule has 0 bridgehead atoms. The van der Waals surface area contributed by atoms with Gasteiger partial charge < -0.3 is 25.0 Å². The highest BCUT2D eigenvalue weighted by molar-refractivity contribution is 5.99. The molecule has 2 N–H and O–H groups in total. The predicted octanol–water partition coefficient (Wildman–Crippen LogP) is 5.43. The van der Waals surface area contributed by atoms with Crippen LogP contribution < -0.4 is 15.8 Å². The molecule has 1 aromatic heterocycles. The summed E-state index contributed by atoms with van der Waals surface area (Å²) < 4.78 is 0. The first-order valence-electron chi connectivity index (χ1n) is 17.8. The van der Waals surface area contributed by atoms with Crippen molar-refractivity contribution in [1.82, 2.24) is 25.0 Å². The number of carbonyl (C=O) groups is 2. The molecule has 2 aromatic carbocycles. The van der Waals surface area contributed by atoms with Crippen LogP contribution in [0.3, 0.4) is 0 Å². The smallest absolute Gasteiger partial charge is 0.253 e. The zero-order valence-electron chi connectivity index (χ0n) is 30.3. The van der Waals surface area contributed by atoms with E-state index in [0.29, 0.717) is 30.3 Å². The lowest BCUT2D eigenvalue weighted by molar-refractivity contribution is -0.127. The molecule has 2 aliphatic heterocycles. The Kier molecular flexibility index (Phi) is 11.8. The van der Waals surface area contributed by atoms with Gasteiger partial charge in [0.15, 0.2) is 0 Å². The molecule has 0 radical (unpaired) electrons. The summed E-state index contributed by atoms with van der Waals surface area (Å²) >= 11 is 0. The third-order valence-electron chi connectivity index (χ3n) is 10.6. The van der Waals surface area contributed by atoms with E-state index in [1.165, 1.54) is 24.5 Å². The number of likely N-dealkylation sites (tertiary alicyclic amines) is 2. The Morgan fingerprint density at radius 3 is 2.18 bits per heavy atom. The van der Waals surface area contributed by atoms with Gasteiger partial charge in [-0.05, 0) is 133 Å². The van der Waals surface area contributed by atoms with Gasteiger partial charge in [0.25, 0.3) is 11.5 Å². The molecule has 9 heteroatoms. The van der Waals surface area contributed by atoms with E-state index in [1.807, 2.05) is 37.8 Å². The maximum atomic E-state index is 13.9. The fraction of sp³-hybridized carbons (Fsp3) is 0.475. The molecule has 2 amide bonds. The van der Waals surface area contributed by atoms with Gasteiger partial charge >= 0.3 is 0 Å². The molecule has 2 aliphatic rings. The highest BCUT2D eigenvalue weighted by atomic mass is 16.2. The molecule has 5 rings (SSSR count). The average molecular weight is 667 g/mol. The first-order chi connectivity index (χ1) is 23.5.